The number of rotatable bonds is 7. The zero-order valence-corrected chi connectivity index (χ0v) is 11.5. The molecule has 1 rings (SSSR count). The number of aryl methyl sites for hydroxylation is 3. The molecule has 0 heterocycles. The zero-order chi connectivity index (χ0) is 13.5. The van der Waals surface area contributed by atoms with E-state index in [4.69, 9.17) is 9.84 Å². The van der Waals surface area contributed by atoms with Crippen LogP contribution in [0.15, 0.2) is 12.1 Å². The van der Waals surface area contributed by atoms with Crippen molar-refractivity contribution in [2.45, 2.75) is 46.5 Å². The molecule has 0 aromatic heterocycles. The first kappa shape index (κ1) is 14.6. The molecule has 3 heteroatoms. The molecule has 0 atom stereocenters. The molecule has 0 saturated carbocycles. The second kappa shape index (κ2) is 7.04. The van der Waals surface area contributed by atoms with E-state index in [1.807, 2.05) is 6.92 Å². The Balaban J connectivity index is 2.81. The van der Waals surface area contributed by atoms with E-state index >= 15 is 0 Å². The summed E-state index contributed by atoms with van der Waals surface area (Å²) < 4.78 is 5.78. The summed E-state index contributed by atoms with van der Waals surface area (Å²) in [5, 5.41) is 8.68. The number of ether oxygens (including phenoxy) is 1. The van der Waals surface area contributed by atoms with Crippen LogP contribution in [0.25, 0.3) is 0 Å². The fourth-order valence-corrected chi connectivity index (χ4v) is 2.07. The maximum Gasteiger partial charge on any atom is 0.303 e. The number of carboxylic acid groups (broad SMARTS) is 1. The van der Waals surface area contributed by atoms with Gasteiger partial charge in [-0.25, -0.2) is 0 Å². The summed E-state index contributed by atoms with van der Waals surface area (Å²) in [6, 6.07) is 4.20. The highest BCUT2D eigenvalue weighted by Gasteiger charge is 2.09. The van der Waals surface area contributed by atoms with Crippen LogP contribution in [0.1, 0.15) is 42.9 Å². The highest BCUT2D eigenvalue weighted by Crippen LogP contribution is 2.27. The van der Waals surface area contributed by atoms with E-state index < -0.39 is 5.97 Å². The van der Waals surface area contributed by atoms with Gasteiger partial charge in [-0.05, 0) is 44.2 Å². The Labute approximate surface area is 109 Å². The molecular weight excluding hydrogens is 228 g/mol. The number of hydrogen-bond acceptors (Lipinski definition) is 2. The van der Waals surface area contributed by atoms with Gasteiger partial charge in [0.1, 0.15) is 5.75 Å². The van der Waals surface area contributed by atoms with Crippen LogP contribution in [0.2, 0.25) is 0 Å². The van der Waals surface area contributed by atoms with Crippen molar-refractivity contribution in [2.75, 3.05) is 6.61 Å². The third-order valence-corrected chi connectivity index (χ3v) is 2.78. The summed E-state index contributed by atoms with van der Waals surface area (Å²) in [4.78, 5) is 10.5. The van der Waals surface area contributed by atoms with Gasteiger partial charge in [-0.1, -0.05) is 24.6 Å². The first-order valence-corrected chi connectivity index (χ1v) is 6.49. The first-order valence-electron chi connectivity index (χ1n) is 6.49. The molecule has 0 amide bonds. The summed E-state index contributed by atoms with van der Waals surface area (Å²) in [5.41, 5.74) is 3.46. The van der Waals surface area contributed by atoms with Gasteiger partial charge in [0.2, 0.25) is 0 Å². The Bertz CT molecular complexity index is 410. The molecule has 1 N–H and O–H groups in total. The topological polar surface area (TPSA) is 46.5 Å². The Morgan fingerprint density at radius 1 is 1.33 bits per heavy atom. The smallest absolute Gasteiger partial charge is 0.303 e. The van der Waals surface area contributed by atoms with Crippen molar-refractivity contribution in [1.29, 1.82) is 0 Å². The average molecular weight is 250 g/mol. The number of carboxylic acids is 1. The van der Waals surface area contributed by atoms with Gasteiger partial charge in [-0.15, -0.1) is 0 Å². The van der Waals surface area contributed by atoms with Crippen LogP contribution in [0.5, 0.6) is 5.75 Å². The summed E-state index contributed by atoms with van der Waals surface area (Å²) in [6.07, 6.45) is 2.59. The van der Waals surface area contributed by atoms with Crippen molar-refractivity contribution >= 4 is 5.97 Å². The molecule has 1 aromatic carbocycles. The molecule has 0 radical (unpaired) electrons. The number of hydrogen-bond donors (Lipinski definition) is 1. The summed E-state index contributed by atoms with van der Waals surface area (Å²) >= 11 is 0. The van der Waals surface area contributed by atoms with E-state index in [1.54, 1.807) is 0 Å². The van der Waals surface area contributed by atoms with E-state index in [1.165, 1.54) is 5.56 Å². The van der Waals surface area contributed by atoms with Crippen molar-refractivity contribution in [3.8, 4) is 5.75 Å². The largest absolute Gasteiger partial charge is 0.493 e. The van der Waals surface area contributed by atoms with Crippen molar-refractivity contribution in [3.05, 3.63) is 28.8 Å². The van der Waals surface area contributed by atoms with E-state index in [-0.39, 0.29) is 6.42 Å². The van der Waals surface area contributed by atoms with Crippen LogP contribution in [-0.4, -0.2) is 17.7 Å². The van der Waals surface area contributed by atoms with Gasteiger partial charge in [0.15, 0.2) is 0 Å². The fraction of sp³-hybridized carbons (Fsp3) is 0.533. The summed E-state index contributed by atoms with van der Waals surface area (Å²) in [5.74, 6) is 0.197. The Morgan fingerprint density at radius 2 is 2.06 bits per heavy atom. The van der Waals surface area contributed by atoms with Gasteiger partial charge >= 0.3 is 5.97 Å². The van der Waals surface area contributed by atoms with Gasteiger partial charge in [0.25, 0.3) is 0 Å². The second-order valence-electron chi connectivity index (χ2n) is 4.67. The van der Waals surface area contributed by atoms with E-state index in [2.05, 4.69) is 26.0 Å². The molecule has 0 fully saturated rings. The first-order chi connectivity index (χ1) is 8.54. The summed E-state index contributed by atoms with van der Waals surface area (Å²) in [6.45, 7) is 6.87. The van der Waals surface area contributed by atoms with Gasteiger partial charge < -0.3 is 9.84 Å². The minimum atomic E-state index is -0.740. The maximum atomic E-state index is 10.5. The van der Waals surface area contributed by atoms with Crippen molar-refractivity contribution < 1.29 is 14.6 Å². The van der Waals surface area contributed by atoms with E-state index in [0.29, 0.717) is 13.0 Å². The lowest BCUT2D eigenvalue weighted by molar-refractivity contribution is -0.137. The monoisotopic (exact) mass is 250 g/mol. The van der Waals surface area contributed by atoms with Crippen molar-refractivity contribution in [3.63, 3.8) is 0 Å². The average Bonchev–Trinajstić information content (AvgIpc) is 2.27. The van der Waals surface area contributed by atoms with Crippen LogP contribution in [0, 0.1) is 13.8 Å². The van der Waals surface area contributed by atoms with Crippen LogP contribution in [0.3, 0.4) is 0 Å². The minimum Gasteiger partial charge on any atom is -0.493 e. The van der Waals surface area contributed by atoms with Gasteiger partial charge in [0.05, 0.1) is 6.61 Å². The predicted octanol–water partition coefficient (Wildman–Crippen LogP) is 3.50. The lowest BCUT2D eigenvalue weighted by atomic mass is 10.0. The predicted molar refractivity (Wildman–Crippen MR) is 72.3 cm³/mol. The fourth-order valence-electron chi connectivity index (χ4n) is 2.07. The van der Waals surface area contributed by atoms with Crippen LogP contribution in [-0.2, 0) is 11.2 Å². The number of carbonyl (C=O) groups is 1. The van der Waals surface area contributed by atoms with Gasteiger partial charge in [-0.3, -0.25) is 4.79 Å². The molecule has 0 bridgehead atoms. The van der Waals surface area contributed by atoms with Crippen LogP contribution < -0.4 is 4.74 Å². The highest BCUT2D eigenvalue weighted by molar-refractivity contribution is 5.66. The third kappa shape index (κ3) is 4.40. The SMILES string of the molecule is CCCOc1c(C)cc(C)cc1CCCC(=O)O. The van der Waals surface area contributed by atoms with Crippen LogP contribution in [0.4, 0.5) is 0 Å². The molecular formula is C15H22O3. The molecule has 100 valence electrons. The lowest BCUT2D eigenvalue weighted by Crippen LogP contribution is -2.03. The molecule has 18 heavy (non-hydrogen) atoms. The Kier molecular flexibility index (Phi) is 5.69. The minimum absolute atomic E-state index is 0.209. The molecule has 0 spiro atoms. The molecule has 0 saturated heterocycles. The van der Waals surface area contributed by atoms with Crippen molar-refractivity contribution in [1.82, 2.24) is 0 Å². The highest BCUT2D eigenvalue weighted by atomic mass is 16.5. The molecule has 0 aliphatic heterocycles. The van der Waals surface area contributed by atoms with Crippen molar-refractivity contribution in [2.24, 2.45) is 0 Å². The second-order valence-corrected chi connectivity index (χ2v) is 4.67. The Hall–Kier alpha value is -1.51. The Morgan fingerprint density at radius 3 is 2.67 bits per heavy atom. The van der Waals surface area contributed by atoms with E-state index in [0.717, 1.165) is 29.7 Å². The normalized spacial score (nSPS) is 10.4. The van der Waals surface area contributed by atoms with E-state index in [9.17, 15) is 4.79 Å². The number of aliphatic carboxylic acids is 1. The van der Waals surface area contributed by atoms with Gasteiger partial charge in [0, 0.05) is 6.42 Å². The molecule has 0 aliphatic rings. The van der Waals surface area contributed by atoms with Gasteiger partial charge in [-0.2, -0.15) is 0 Å². The number of benzene rings is 1. The quantitative estimate of drug-likeness (QED) is 0.805. The van der Waals surface area contributed by atoms with Crippen LogP contribution >= 0.6 is 0 Å². The third-order valence-electron chi connectivity index (χ3n) is 2.78. The maximum absolute atomic E-state index is 10.5. The zero-order valence-electron chi connectivity index (χ0n) is 11.5. The lowest BCUT2D eigenvalue weighted by Gasteiger charge is -2.14. The standard InChI is InChI=1S/C15H22O3/c1-4-8-18-15-12(3)9-11(2)10-13(15)6-5-7-14(16)17/h9-10H,4-8H2,1-3H3,(H,16,17). The molecule has 0 aliphatic carbocycles. The summed E-state index contributed by atoms with van der Waals surface area (Å²) in [7, 11) is 0. The molecule has 0 unspecified atom stereocenters. The molecule has 1 aromatic rings. The molecule has 3 nitrogen and oxygen atoms in total.